The highest BCUT2D eigenvalue weighted by Crippen LogP contribution is 2.26. The van der Waals surface area contributed by atoms with E-state index in [9.17, 15) is 9.59 Å². The molecule has 7 heteroatoms. The largest absolute Gasteiger partial charge is 0.337 e. The first-order chi connectivity index (χ1) is 8.38. The molecule has 2 amide bonds. The van der Waals surface area contributed by atoms with Crippen LogP contribution in [0.3, 0.4) is 0 Å². The molecular formula is C11H16N4O2S. The van der Waals surface area contributed by atoms with Gasteiger partial charge in [-0.1, -0.05) is 0 Å². The Balaban J connectivity index is 2.00. The molecule has 1 fully saturated rings. The van der Waals surface area contributed by atoms with E-state index in [0.717, 1.165) is 11.5 Å². The van der Waals surface area contributed by atoms with Gasteiger partial charge in [0.15, 0.2) is 0 Å². The summed E-state index contributed by atoms with van der Waals surface area (Å²) >= 11 is 1.13. The molecular weight excluding hydrogens is 252 g/mol. The van der Waals surface area contributed by atoms with Crippen molar-refractivity contribution in [2.24, 2.45) is 5.92 Å². The van der Waals surface area contributed by atoms with E-state index in [0.29, 0.717) is 11.7 Å². The lowest BCUT2D eigenvalue weighted by molar-refractivity contribution is -0.131. The first kappa shape index (κ1) is 12.9. The monoisotopic (exact) mass is 268 g/mol. The van der Waals surface area contributed by atoms with Gasteiger partial charge in [-0.2, -0.15) is 4.37 Å². The summed E-state index contributed by atoms with van der Waals surface area (Å²) in [5, 5.41) is 3.16. The van der Waals surface area contributed by atoms with Crippen LogP contribution in [-0.2, 0) is 9.59 Å². The molecule has 2 heterocycles. The minimum atomic E-state index is -0.305. The zero-order chi connectivity index (χ0) is 13.3. The lowest BCUT2D eigenvalue weighted by Crippen LogP contribution is -2.42. The van der Waals surface area contributed by atoms with Crippen LogP contribution >= 0.6 is 11.5 Å². The van der Waals surface area contributed by atoms with Gasteiger partial charge in [0.2, 0.25) is 16.9 Å². The van der Waals surface area contributed by atoms with Crippen molar-refractivity contribution < 1.29 is 9.59 Å². The lowest BCUT2D eigenvalue weighted by atomic mass is 10.1. The lowest BCUT2D eigenvalue weighted by Gasteiger charge is -2.31. The maximum Gasteiger partial charge on any atom is 0.231 e. The topological polar surface area (TPSA) is 75.2 Å². The van der Waals surface area contributed by atoms with E-state index in [1.807, 2.05) is 20.8 Å². The Bertz CT molecular complexity index is 452. The van der Waals surface area contributed by atoms with Crippen molar-refractivity contribution in [1.29, 1.82) is 0 Å². The number of nitrogens with one attached hydrogen (secondary N) is 1. The maximum absolute atomic E-state index is 12.0. The number of carbonyl (C=O) groups is 2. The molecule has 6 nitrogen and oxygen atoms in total. The molecule has 0 radical (unpaired) electrons. The summed E-state index contributed by atoms with van der Waals surface area (Å²) in [5.41, 5.74) is -0.241. The van der Waals surface area contributed by atoms with Crippen LogP contribution in [0.5, 0.6) is 0 Å². The van der Waals surface area contributed by atoms with Crippen LogP contribution in [0.2, 0.25) is 0 Å². The predicted octanol–water partition coefficient (Wildman–Crippen LogP) is 1.12. The standard InChI is InChI=1S/C11H16N4O2S/c1-11(2,3)15-5-7(4-8(15)16)9(17)14-10-12-6-13-18-10/h6-7H,4-5H2,1-3H3,(H,12,13,14,17). The molecule has 0 saturated carbocycles. The second-order valence-electron chi connectivity index (χ2n) is 5.31. The second kappa shape index (κ2) is 4.64. The molecule has 1 aromatic rings. The fraction of sp³-hybridized carbons (Fsp3) is 0.636. The normalized spacial score (nSPS) is 20.3. The van der Waals surface area contributed by atoms with Crippen molar-refractivity contribution in [3.63, 3.8) is 0 Å². The van der Waals surface area contributed by atoms with Crippen LogP contribution in [0, 0.1) is 5.92 Å². The highest BCUT2D eigenvalue weighted by atomic mass is 32.1. The Morgan fingerprint density at radius 3 is 2.78 bits per heavy atom. The Hall–Kier alpha value is -1.50. The zero-order valence-electron chi connectivity index (χ0n) is 10.6. The average Bonchev–Trinajstić information content (AvgIpc) is 2.85. The van der Waals surface area contributed by atoms with Crippen LogP contribution in [0.25, 0.3) is 0 Å². The number of rotatable bonds is 2. The van der Waals surface area contributed by atoms with Crippen molar-refractivity contribution >= 4 is 28.5 Å². The predicted molar refractivity (Wildman–Crippen MR) is 68.1 cm³/mol. The second-order valence-corrected chi connectivity index (χ2v) is 6.09. The molecule has 2 rings (SSSR count). The zero-order valence-corrected chi connectivity index (χ0v) is 11.5. The Kier molecular flexibility index (Phi) is 3.34. The number of aromatic nitrogens is 2. The highest BCUT2D eigenvalue weighted by Gasteiger charge is 2.39. The van der Waals surface area contributed by atoms with Gasteiger partial charge in [0.25, 0.3) is 0 Å². The molecule has 0 spiro atoms. The molecule has 1 aromatic heterocycles. The van der Waals surface area contributed by atoms with Crippen molar-refractivity contribution in [2.45, 2.75) is 32.7 Å². The average molecular weight is 268 g/mol. The van der Waals surface area contributed by atoms with Crippen molar-refractivity contribution in [2.75, 3.05) is 11.9 Å². The van der Waals surface area contributed by atoms with E-state index in [-0.39, 0.29) is 29.7 Å². The van der Waals surface area contributed by atoms with E-state index in [2.05, 4.69) is 14.7 Å². The van der Waals surface area contributed by atoms with Gasteiger partial charge in [-0.05, 0) is 20.8 Å². The van der Waals surface area contributed by atoms with Crippen LogP contribution in [0.1, 0.15) is 27.2 Å². The third-order valence-electron chi connectivity index (χ3n) is 2.90. The Morgan fingerprint density at radius 2 is 2.28 bits per heavy atom. The highest BCUT2D eigenvalue weighted by molar-refractivity contribution is 7.09. The summed E-state index contributed by atoms with van der Waals surface area (Å²) in [6.07, 6.45) is 1.66. The quantitative estimate of drug-likeness (QED) is 0.872. The number of anilines is 1. The molecule has 0 aromatic carbocycles. The first-order valence-corrected chi connectivity index (χ1v) is 6.53. The summed E-state index contributed by atoms with van der Waals surface area (Å²) in [6, 6.07) is 0. The maximum atomic E-state index is 12.0. The molecule has 1 unspecified atom stereocenters. The number of likely N-dealkylation sites (tertiary alicyclic amines) is 1. The minimum Gasteiger partial charge on any atom is -0.337 e. The van der Waals surface area contributed by atoms with Crippen LogP contribution in [-0.4, -0.2) is 38.2 Å². The third kappa shape index (κ3) is 2.66. The first-order valence-electron chi connectivity index (χ1n) is 5.76. The molecule has 98 valence electrons. The van der Waals surface area contributed by atoms with E-state index in [1.165, 1.54) is 6.33 Å². The summed E-state index contributed by atoms with van der Waals surface area (Å²) in [4.78, 5) is 29.5. The van der Waals surface area contributed by atoms with Gasteiger partial charge < -0.3 is 10.2 Å². The van der Waals surface area contributed by atoms with Crippen molar-refractivity contribution in [3.05, 3.63) is 6.33 Å². The van der Waals surface area contributed by atoms with Crippen molar-refractivity contribution in [3.8, 4) is 0 Å². The summed E-state index contributed by atoms with van der Waals surface area (Å²) in [5.74, 6) is -0.438. The van der Waals surface area contributed by atoms with Gasteiger partial charge in [-0.25, -0.2) is 4.98 Å². The summed E-state index contributed by atoms with van der Waals surface area (Å²) in [6.45, 7) is 6.37. The van der Waals surface area contributed by atoms with Gasteiger partial charge in [0.1, 0.15) is 6.33 Å². The van der Waals surface area contributed by atoms with E-state index in [1.54, 1.807) is 4.90 Å². The van der Waals surface area contributed by atoms with Gasteiger partial charge in [-0.3, -0.25) is 9.59 Å². The number of hydrogen-bond acceptors (Lipinski definition) is 5. The smallest absolute Gasteiger partial charge is 0.231 e. The number of hydrogen-bond donors (Lipinski definition) is 1. The molecule has 18 heavy (non-hydrogen) atoms. The number of carbonyl (C=O) groups excluding carboxylic acids is 2. The minimum absolute atomic E-state index is 0.0277. The van der Waals surface area contributed by atoms with Crippen LogP contribution in [0.4, 0.5) is 5.13 Å². The van der Waals surface area contributed by atoms with Crippen LogP contribution < -0.4 is 5.32 Å². The number of nitrogens with zero attached hydrogens (tertiary/aromatic N) is 3. The fourth-order valence-electron chi connectivity index (χ4n) is 1.97. The molecule has 0 bridgehead atoms. The SMILES string of the molecule is CC(C)(C)N1CC(C(=O)Nc2ncns2)CC1=O. The Morgan fingerprint density at radius 1 is 1.56 bits per heavy atom. The van der Waals surface area contributed by atoms with E-state index in [4.69, 9.17) is 0 Å². The molecule has 1 saturated heterocycles. The van der Waals surface area contributed by atoms with Gasteiger partial charge in [0, 0.05) is 30.0 Å². The molecule has 1 aliphatic heterocycles. The van der Waals surface area contributed by atoms with Gasteiger partial charge in [-0.15, -0.1) is 0 Å². The molecule has 1 atom stereocenters. The summed E-state index contributed by atoms with van der Waals surface area (Å²) in [7, 11) is 0. The molecule has 1 aliphatic rings. The summed E-state index contributed by atoms with van der Waals surface area (Å²) < 4.78 is 3.81. The van der Waals surface area contributed by atoms with Crippen LogP contribution in [0.15, 0.2) is 6.33 Å². The molecule has 1 N–H and O–H groups in total. The van der Waals surface area contributed by atoms with Gasteiger partial charge in [0.05, 0.1) is 5.92 Å². The van der Waals surface area contributed by atoms with Gasteiger partial charge >= 0.3 is 0 Å². The number of amides is 2. The molecule has 0 aliphatic carbocycles. The van der Waals surface area contributed by atoms with Crippen molar-refractivity contribution in [1.82, 2.24) is 14.3 Å². The third-order valence-corrected chi connectivity index (χ3v) is 3.48. The van der Waals surface area contributed by atoms with E-state index < -0.39 is 0 Å². The fourth-order valence-corrected chi connectivity index (χ4v) is 2.40. The Labute approximate surface area is 110 Å². The van der Waals surface area contributed by atoms with E-state index >= 15 is 0 Å².